The lowest BCUT2D eigenvalue weighted by atomic mass is 9.92. The normalized spacial score (nSPS) is 19.7. The molecule has 1 aromatic rings. The molecule has 2 aliphatic rings. The maximum Gasteiger partial charge on any atom is 0.254 e. The molecule has 0 fully saturated rings. The van der Waals surface area contributed by atoms with Gasteiger partial charge >= 0.3 is 0 Å². The quantitative estimate of drug-likeness (QED) is 0.846. The number of benzene rings is 1. The van der Waals surface area contributed by atoms with E-state index in [2.05, 4.69) is 5.32 Å². The molecular formula is C17H19NO4. The van der Waals surface area contributed by atoms with Gasteiger partial charge in [-0.2, -0.15) is 0 Å². The fraction of sp³-hybridized carbons (Fsp3) is 0.412. The Balaban J connectivity index is 2.00. The Morgan fingerprint density at radius 3 is 2.41 bits per heavy atom. The molecule has 0 unspecified atom stereocenters. The predicted molar refractivity (Wildman–Crippen MR) is 81.1 cm³/mol. The minimum Gasteiger partial charge on any atom is -0.490 e. The Morgan fingerprint density at radius 2 is 1.82 bits per heavy atom. The molecule has 1 N–H and O–H groups in total. The van der Waals surface area contributed by atoms with Crippen LogP contribution in [0.4, 0.5) is 0 Å². The van der Waals surface area contributed by atoms with E-state index in [0.717, 1.165) is 29.7 Å². The van der Waals surface area contributed by atoms with Crippen LogP contribution in [0.1, 0.15) is 37.3 Å². The van der Waals surface area contributed by atoms with Gasteiger partial charge in [0.15, 0.2) is 11.5 Å². The van der Waals surface area contributed by atoms with Crippen LogP contribution < -0.4 is 14.8 Å². The van der Waals surface area contributed by atoms with Gasteiger partial charge < -0.3 is 9.47 Å². The van der Waals surface area contributed by atoms with E-state index in [9.17, 15) is 9.59 Å². The summed E-state index contributed by atoms with van der Waals surface area (Å²) in [6.45, 7) is 4.98. The summed E-state index contributed by atoms with van der Waals surface area (Å²) in [5.74, 6) is 0.778. The molecule has 1 heterocycles. The average molecular weight is 301 g/mol. The van der Waals surface area contributed by atoms with E-state index in [1.54, 1.807) is 0 Å². The molecule has 3 rings (SSSR count). The fourth-order valence-corrected chi connectivity index (χ4v) is 3.16. The molecule has 1 aliphatic carbocycles. The molecule has 1 aliphatic heterocycles. The highest BCUT2D eigenvalue weighted by Crippen LogP contribution is 2.44. The third-order valence-corrected chi connectivity index (χ3v) is 4.04. The standard InChI is InChI=1S/C17H19NO4/c1-3-21-14-7-10-5-6-11(12(10)8-15(14)22-4-2)13-9-16(19)18-17(13)20/h7-9,11H,3-6H2,1-2H3,(H,18,19,20)/t11-/m0/s1. The Kier molecular flexibility index (Phi) is 3.88. The Morgan fingerprint density at radius 1 is 1.14 bits per heavy atom. The van der Waals surface area contributed by atoms with Crippen LogP contribution in [0.15, 0.2) is 23.8 Å². The number of rotatable bonds is 5. The van der Waals surface area contributed by atoms with Gasteiger partial charge in [-0.15, -0.1) is 0 Å². The first kappa shape index (κ1) is 14.6. The van der Waals surface area contributed by atoms with Gasteiger partial charge in [-0.25, -0.2) is 0 Å². The van der Waals surface area contributed by atoms with E-state index in [1.165, 1.54) is 6.08 Å². The lowest BCUT2D eigenvalue weighted by Gasteiger charge is -2.16. The van der Waals surface area contributed by atoms with Crippen molar-refractivity contribution in [2.24, 2.45) is 0 Å². The summed E-state index contributed by atoms with van der Waals surface area (Å²) in [4.78, 5) is 23.3. The number of aryl methyl sites for hydroxylation is 1. The smallest absolute Gasteiger partial charge is 0.254 e. The van der Waals surface area contributed by atoms with Gasteiger partial charge in [0, 0.05) is 17.6 Å². The first-order valence-corrected chi connectivity index (χ1v) is 7.63. The van der Waals surface area contributed by atoms with E-state index >= 15 is 0 Å². The van der Waals surface area contributed by atoms with Crippen molar-refractivity contribution >= 4 is 11.8 Å². The Hall–Kier alpha value is -2.30. The highest BCUT2D eigenvalue weighted by Gasteiger charge is 2.34. The first-order valence-electron chi connectivity index (χ1n) is 7.63. The van der Waals surface area contributed by atoms with Crippen LogP contribution in [0, 0.1) is 0 Å². The van der Waals surface area contributed by atoms with E-state index < -0.39 is 0 Å². The number of carbonyl (C=O) groups excluding carboxylic acids is 2. The van der Waals surface area contributed by atoms with Crippen LogP contribution in [0.2, 0.25) is 0 Å². The van der Waals surface area contributed by atoms with Crippen molar-refractivity contribution in [3.63, 3.8) is 0 Å². The highest BCUT2D eigenvalue weighted by atomic mass is 16.5. The van der Waals surface area contributed by atoms with Gasteiger partial charge in [-0.3, -0.25) is 14.9 Å². The van der Waals surface area contributed by atoms with Crippen LogP contribution >= 0.6 is 0 Å². The minimum atomic E-state index is -0.329. The number of nitrogens with one attached hydrogen (secondary N) is 1. The van der Waals surface area contributed by atoms with Crippen molar-refractivity contribution in [2.45, 2.75) is 32.6 Å². The summed E-state index contributed by atoms with van der Waals surface area (Å²) >= 11 is 0. The molecule has 22 heavy (non-hydrogen) atoms. The van der Waals surface area contributed by atoms with Crippen molar-refractivity contribution in [3.05, 3.63) is 34.9 Å². The van der Waals surface area contributed by atoms with Crippen molar-refractivity contribution in [2.75, 3.05) is 13.2 Å². The van der Waals surface area contributed by atoms with Gasteiger partial charge in [0.05, 0.1) is 13.2 Å². The second kappa shape index (κ2) is 5.83. The van der Waals surface area contributed by atoms with Crippen molar-refractivity contribution in [3.8, 4) is 11.5 Å². The molecule has 116 valence electrons. The minimum absolute atomic E-state index is 0.0451. The summed E-state index contributed by atoms with van der Waals surface area (Å²) in [6, 6.07) is 3.96. The maximum absolute atomic E-state index is 11.9. The highest BCUT2D eigenvalue weighted by molar-refractivity contribution is 6.17. The summed E-state index contributed by atoms with van der Waals surface area (Å²) in [5, 5.41) is 2.32. The van der Waals surface area contributed by atoms with Crippen LogP contribution in [-0.4, -0.2) is 25.0 Å². The summed E-state index contributed by atoms with van der Waals surface area (Å²) < 4.78 is 11.3. The van der Waals surface area contributed by atoms with E-state index in [4.69, 9.17) is 9.47 Å². The van der Waals surface area contributed by atoms with Crippen LogP contribution in [0.5, 0.6) is 11.5 Å². The molecule has 5 nitrogen and oxygen atoms in total. The first-order chi connectivity index (χ1) is 10.6. The van der Waals surface area contributed by atoms with Gasteiger partial charge in [0.25, 0.3) is 11.8 Å². The molecule has 5 heteroatoms. The molecule has 0 radical (unpaired) electrons. The van der Waals surface area contributed by atoms with Crippen LogP contribution in [0.3, 0.4) is 0 Å². The largest absolute Gasteiger partial charge is 0.490 e. The van der Waals surface area contributed by atoms with Crippen molar-refractivity contribution in [1.29, 1.82) is 0 Å². The molecule has 1 aromatic carbocycles. The topological polar surface area (TPSA) is 64.6 Å². The summed E-state index contributed by atoms with van der Waals surface area (Å²) in [5.41, 5.74) is 2.77. The zero-order valence-corrected chi connectivity index (χ0v) is 12.8. The second-order valence-electron chi connectivity index (χ2n) is 5.37. The summed E-state index contributed by atoms with van der Waals surface area (Å²) in [6.07, 6.45) is 3.10. The van der Waals surface area contributed by atoms with Crippen LogP contribution in [-0.2, 0) is 16.0 Å². The lowest BCUT2D eigenvalue weighted by Crippen LogP contribution is -2.23. The zero-order chi connectivity index (χ0) is 15.7. The molecular weight excluding hydrogens is 282 g/mol. The number of imide groups is 1. The SMILES string of the molecule is CCOc1cc2c(cc1OCC)[C@@H](C1=CC(=O)NC1=O)CC2. The van der Waals surface area contributed by atoms with Gasteiger partial charge in [0.2, 0.25) is 0 Å². The monoisotopic (exact) mass is 301 g/mol. The average Bonchev–Trinajstić information content (AvgIpc) is 3.02. The van der Waals surface area contributed by atoms with Gasteiger partial charge in [0.1, 0.15) is 0 Å². The number of ether oxygens (including phenoxy) is 2. The number of carbonyl (C=O) groups is 2. The number of hydrogen-bond acceptors (Lipinski definition) is 4. The van der Waals surface area contributed by atoms with Crippen LogP contribution in [0.25, 0.3) is 0 Å². The Bertz CT molecular complexity index is 663. The second-order valence-corrected chi connectivity index (χ2v) is 5.37. The predicted octanol–water partition coefficient (Wildman–Crippen LogP) is 2.10. The molecule has 0 saturated heterocycles. The van der Waals surface area contributed by atoms with E-state index in [-0.39, 0.29) is 17.7 Å². The summed E-state index contributed by atoms with van der Waals surface area (Å²) in [7, 11) is 0. The molecule has 0 spiro atoms. The van der Waals surface area contributed by atoms with Gasteiger partial charge in [-0.1, -0.05) is 0 Å². The Labute approximate surface area is 129 Å². The van der Waals surface area contributed by atoms with Crippen molar-refractivity contribution in [1.82, 2.24) is 5.32 Å². The molecule has 1 atom stereocenters. The number of amides is 2. The fourth-order valence-electron chi connectivity index (χ4n) is 3.16. The van der Waals surface area contributed by atoms with E-state index in [0.29, 0.717) is 24.5 Å². The number of fused-ring (bicyclic) bond motifs is 1. The van der Waals surface area contributed by atoms with Gasteiger partial charge in [-0.05, 0) is 49.9 Å². The maximum atomic E-state index is 11.9. The molecule has 0 aromatic heterocycles. The molecule has 2 amide bonds. The lowest BCUT2D eigenvalue weighted by molar-refractivity contribution is -0.123. The van der Waals surface area contributed by atoms with E-state index in [1.807, 2.05) is 26.0 Å². The molecule has 0 bridgehead atoms. The van der Waals surface area contributed by atoms with Crippen molar-refractivity contribution < 1.29 is 19.1 Å². The zero-order valence-electron chi connectivity index (χ0n) is 12.8. The molecule has 0 saturated carbocycles. The third-order valence-electron chi connectivity index (χ3n) is 4.04. The third kappa shape index (κ3) is 2.47. The number of hydrogen-bond donors (Lipinski definition) is 1.